The monoisotopic (exact) mass is 448 g/mol. The first-order valence-electron chi connectivity index (χ1n) is 10.9. The highest BCUT2D eigenvalue weighted by atomic mass is 35.5. The third-order valence-electron chi connectivity index (χ3n) is 6.32. The lowest BCUT2D eigenvalue weighted by Crippen LogP contribution is -2.31. The first-order valence-corrected chi connectivity index (χ1v) is 11.2. The molecule has 0 radical (unpaired) electrons. The fourth-order valence-corrected chi connectivity index (χ4v) is 4.87. The van der Waals surface area contributed by atoms with Crippen LogP contribution in [0.2, 0.25) is 5.02 Å². The molecule has 2 heterocycles. The van der Waals surface area contributed by atoms with Gasteiger partial charge in [-0.15, -0.1) is 0 Å². The molecule has 1 aromatic carbocycles. The van der Waals surface area contributed by atoms with Gasteiger partial charge in [0.25, 0.3) is 0 Å². The summed E-state index contributed by atoms with van der Waals surface area (Å²) in [6, 6.07) is 2.36. The number of carbonyl (C=O) groups is 3. The van der Waals surface area contributed by atoms with Crippen molar-refractivity contribution in [2.45, 2.75) is 51.6 Å². The van der Waals surface area contributed by atoms with Gasteiger partial charge in [-0.05, 0) is 44.7 Å². The number of halogens is 2. The summed E-state index contributed by atoms with van der Waals surface area (Å²) >= 11 is 6.16. The largest absolute Gasteiger partial charge is 0.485 e. The average Bonchev–Trinajstić information content (AvgIpc) is 3.37. The fourth-order valence-electron chi connectivity index (χ4n) is 4.68. The number of fused-ring (bicyclic) bond motifs is 1. The van der Waals surface area contributed by atoms with Gasteiger partial charge in [0, 0.05) is 25.2 Å². The SMILES string of the molecule is CC(C=CC(=O)N1CCCC1)Oc1cc(N2C(=O)C3CCCCC3C2=O)c(F)cc1Cl. The highest BCUT2D eigenvalue weighted by Crippen LogP contribution is 2.42. The van der Waals surface area contributed by atoms with Crippen LogP contribution in [-0.2, 0) is 14.4 Å². The van der Waals surface area contributed by atoms with E-state index in [4.69, 9.17) is 16.3 Å². The van der Waals surface area contributed by atoms with Crippen LogP contribution in [-0.4, -0.2) is 41.8 Å². The Morgan fingerprint density at radius 1 is 1.13 bits per heavy atom. The number of amides is 3. The summed E-state index contributed by atoms with van der Waals surface area (Å²) in [6.45, 7) is 3.24. The predicted molar refractivity (Wildman–Crippen MR) is 114 cm³/mol. The Balaban J connectivity index is 1.52. The maximum atomic E-state index is 14.7. The molecule has 1 aromatic rings. The van der Waals surface area contributed by atoms with Gasteiger partial charge < -0.3 is 9.64 Å². The fraction of sp³-hybridized carbons (Fsp3) is 0.522. The van der Waals surface area contributed by atoms with E-state index in [0.29, 0.717) is 12.8 Å². The van der Waals surface area contributed by atoms with Crippen LogP contribution in [0.1, 0.15) is 45.4 Å². The zero-order valence-corrected chi connectivity index (χ0v) is 18.2. The molecule has 31 heavy (non-hydrogen) atoms. The minimum atomic E-state index is -0.745. The molecule has 1 aliphatic carbocycles. The van der Waals surface area contributed by atoms with Crippen LogP contribution >= 0.6 is 11.6 Å². The lowest BCUT2D eigenvalue weighted by Gasteiger charge is -2.19. The van der Waals surface area contributed by atoms with Crippen molar-refractivity contribution in [1.82, 2.24) is 4.90 Å². The average molecular weight is 449 g/mol. The van der Waals surface area contributed by atoms with Gasteiger partial charge >= 0.3 is 0 Å². The second-order valence-electron chi connectivity index (χ2n) is 8.46. The molecule has 0 spiro atoms. The molecule has 3 aliphatic rings. The molecule has 0 bridgehead atoms. The lowest BCUT2D eigenvalue weighted by molar-refractivity contribution is -0.125. The molecule has 3 unspecified atom stereocenters. The molecule has 3 atom stereocenters. The second-order valence-corrected chi connectivity index (χ2v) is 8.87. The van der Waals surface area contributed by atoms with Gasteiger partial charge in [-0.3, -0.25) is 14.4 Å². The van der Waals surface area contributed by atoms with Crippen molar-refractivity contribution in [1.29, 1.82) is 0 Å². The Hall–Kier alpha value is -2.41. The summed E-state index contributed by atoms with van der Waals surface area (Å²) in [6.07, 6.45) is 7.67. The van der Waals surface area contributed by atoms with E-state index in [-0.39, 0.29) is 46.0 Å². The minimum Gasteiger partial charge on any atom is -0.485 e. The molecule has 3 amide bonds. The lowest BCUT2D eigenvalue weighted by atomic mass is 9.81. The highest BCUT2D eigenvalue weighted by molar-refractivity contribution is 6.32. The standard InChI is InChI=1S/C23H26ClFN2O4/c1-14(8-9-21(28)26-10-4-5-11-26)31-20-13-19(18(25)12-17(20)24)27-22(29)15-6-2-3-7-16(15)23(27)30/h8-9,12-16H,2-7,10-11H2,1H3. The van der Waals surface area contributed by atoms with E-state index in [1.54, 1.807) is 17.9 Å². The van der Waals surface area contributed by atoms with Crippen LogP contribution in [0, 0.1) is 17.7 Å². The molecule has 2 aliphatic heterocycles. The van der Waals surface area contributed by atoms with Crippen molar-refractivity contribution in [3.8, 4) is 5.75 Å². The number of hydrogen-bond acceptors (Lipinski definition) is 4. The minimum absolute atomic E-state index is 0.0314. The Morgan fingerprint density at radius 3 is 2.35 bits per heavy atom. The number of ether oxygens (including phenoxy) is 1. The van der Waals surface area contributed by atoms with E-state index in [2.05, 4.69) is 0 Å². The number of hydrogen-bond donors (Lipinski definition) is 0. The normalized spacial score (nSPS) is 24.7. The van der Waals surface area contributed by atoms with E-state index in [9.17, 15) is 18.8 Å². The zero-order chi connectivity index (χ0) is 22.1. The van der Waals surface area contributed by atoms with E-state index in [1.165, 1.54) is 12.1 Å². The van der Waals surface area contributed by atoms with Crippen molar-refractivity contribution >= 4 is 35.0 Å². The third kappa shape index (κ3) is 4.33. The summed E-state index contributed by atoms with van der Waals surface area (Å²) in [5.41, 5.74) is -0.131. The van der Waals surface area contributed by atoms with Gasteiger partial charge in [0.15, 0.2) is 0 Å². The first-order chi connectivity index (χ1) is 14.9. The van der Waals surface area contributed by atoms with E-state index >= 15 is 0 Å². The number of benzene rings is 1. The number of anilines is 1. The van der Waals surface area contributed by atoms with Gasteiger partial charge in [0.2, 0.25) is 17.7 Å². The molecule has 166 valence electrons. The maximum absolute atomic E-state index is 14.7. The van der Waals surface area contributed by atoms with Crippen molar-refractivity contribution in [2.24, 2.45) is 11.8 Å². The number of imide groups is 1. The zero-order valence-electron chi connectivity index (χ0n) is 17.5. The molecule has 0 N–H and O–H groups in total. The number of likely N-dealkylation sites (tertiary alicyclic amines) is 1. The van der Waals surface area contributed by atoms with Crippen LogP contribution in [0.15, 0.2) is 24.3 Å². The van der Waals surface area contributed by atoms with Gasteiger partial charge in [-0.25, -0.2) is 9.29 Å². The molecular weight excluding hydrogens is 423 g/mol. The first kappa shape index (κ1) is 21.8. The van der Waals surface area contributed by atoms with Crippen LogP contribution in [0.5, 0.6) is 5.75 Å². The Kier molecular flexibility index (Phi) is 6.32. The molecule has 4 rings (SSSR count). The molecule has 8 heteroatoms. The molecule has 3 fully saturated rings. The smallest absolute Gasteiger partial charge is 0.246 e. The topological polar surface area (TPSA) is 66.9 Å². The summed E-state index contributed by atoms with van der Waals surface area (Å²) < 4.78 is 20.5. The highest BCUT2D eigenvalue weighted by Gasteiger charge is 2.49. The van der Waals surface area contributed by atoms with Crippen LogP contribution in [0.3, 0.4) is 0 Å². The van der Waals surface area contributed by atoms with Gasteiger partial charge in [0.05, 0.1) is 22.5 Å². The molecule has 1 saturated carbocycles. The van der Waals surface area contributed by atoms with E-state index in [0.717, 1.165) is 49.7 Å². The summed E-state index contributed by atoms with van der Waals surface area (Å²) in [5.74, 6) is -2.13. The summed E-state index contributed by atoms with van der Waals surface area (Å²) in [5, 5.41) is 0.0314. The Morgan fingerprint density at radius 2 is 1.74 bits per heavy atom. The molecule has 6 nitrogen and oxygen atoms in total. The second kappa shape index (κ2) is 8.99. The quantitative estimate of drug-likeness (QED) is 0.502. The van der Waals surface area contributed by atoms with Crippen molar-refractivity contribution < 1.29 is 23.5 Å². The predicted octanol–water partition coefficient (Wildman–Crippen LogP) is 4.10. The van der Waals surface area contributed by atoms with E-state index < -0.39 is 11.9 Å². The van der Waals surface area contributed by atoms with Gasteiger partial charge in [-0.2, -0.15) is 0 Å². The number of carbonyl (C=O) groups excluding carboxylic acids is 3. The Labute approximate surface area is 186 Å². The number of rotatable bonds is 5. The summed E-state index contributed by atoms with van der Waals surface area (Å²) in [4.78, 5) is 40.6. The molecular formula is C23H26ClFN2O4. The summed E-state index contributed by atoms with van der Waals surface area (Å²) in [7, 11) is 0. The molecule has 2 saturated heterocycles. The van der Waals surface area contributed by atoms with Gasteiger partial charge in [0.1, 0.15) is 17.7 Å². The van der Waals surface area contributed by atoms with Crippen molar-refractivity contribution in [3.63, 3.8) is 0 Å². The van der Waals surface area contributed by atoms with E-state index in [1.807, 2.05) is 0 Å². The number of nitrogens with zero attached hydrogens (tertiary/aromatic N) is 2. The van der Waals surface area contributed by atoms with Crippen molar-refractivity contribution in [3.05, 3.63) is 35.1 Å². The van der Waals surface area contributed by atoms with Crippen LogP contribution in [0.25, 0.3) is 0 Å². The third-order valence-corrected chi connectivity index (χ3v) is 6.62. The maximum Gasteiger partial charge on any atom is 0.246 e. The Bertz CT molecular complexity index is 904. The van der Waals surface area contributed by atoms with Crippen molar-refractivity contribution in [2.75, 3.05) is 18.0 Å². The molecule has 0 aromatic heterocycles. The van der Waals surface area contributed by atoms with Crippen LogP contribution in [0.4, 0.5) is 10.1 Å². The van der Waals surface area contributed by atoms with Crippen LogP contribution < -0.4 is 9.64 Å². The van der Waals surface area contributed by atoms with Gasteiger partial charge in [-0.1, -0.05) is 24.4 Å².